The van der Waals surface area contributed by atoms with Crippen molar-refractivity contribution in [2.75, 3.05) is 6.54 Å². The SMILES string of the molecule is O=S(=O)(C1CC1)N1CC[C@@](O)(c2ccccc2)[C@H]2CCCC[C@@H]21. The second-order valence-electron chi connectivity index (χ2n) is 7.35. The first-order chi connectivity index (χ1) is 11.0. The topological polar surface area (TPSA) is 57.6 Å². The standard InChI is InChI=1S/C18H25NO3S/c20-18(14-6-2-1-3-7-14)12-13-19(23(21,22)15-10-11-15)17-9-5-4-8-16(17)18/h1-3,6-7,15-17,20H,4-5,8-13H2/t16-,17-,18+/m0/s1. The summed E-state index contributed by atoms with van der Waals surface area (Å²) in [6, 6.07) is 9.80. The highest BCUT2D eigenvalue weighted by molar-refractivity contribution is 7.90. The van der Waals surface area contributed by atoms with Crippen LogP contribution < -0.4 is 0 Å². The smallest absolute Gasteiger partial charge is 0.217 e. The molecule has 0 radical (unpaired) electrons. The lowest BCUT2D eigenvalue weighted by Crippen LogP contribution is -2.59. The molecule has 2 aliphatic carbocycles. The Bertz CT molecular complexity index is 671. The van der Waals surface area contributed by atoms with Crippen LogP contribution in [0, 0.1) is 5.92 Å². The van der Waals surface area contributed by atoms with Gasteiger partial charge in [0.25, 0.3) is 0 Å². The second kappa shape index (κ2) is 5.57. The van der Waals surface area contributed by atoms with E-state index in [1.165, 1.54) is 0 Å². The first-order valence-electron chi connectivity index (χ1n) is 8.82. The number of fused-ring (bicyclic) bond motifs is 1. The van der Waals surface area contributed by atoms with Crippen LogP contribution in [0.2, 0.25) is 0 Å². The number of hydrogen-bond donors (Lipinski definition) is 1. The van der Waals surface area contributed by atoms with E-state index in [2.05, 4.69) is 0 Å². The van der Waals surface area contributed by atoms with Crippen LogP contribution >= 0.6 is 0 Å². The van der Waals surface area contributed by atoms with Gasteiger partial charge in [0, 0.05) is 18.5 Å². The Morgan fingerprint density at radius 3 is 2.43 bits per heavy atom. The van der Waals surface area contributed by atoms with Crippen molar-refractivity contribution in [3.8, 4) is 0 Å². The molecule has 1 N–H and O–H groups in total. The van der Waals surface area contributed by atoms with Crippen LogP contribution in [-0.4, -0.2) is 35.7 Å². The average molecular weight is 335 g/mol. The number of sulfonamides is 1. The fraction of sp³-hybridized carbons (Fsp3) is 0.667. The summed E-state index contributed by atoms with van der Waals surface area (Å²) < 4.78 is 27.3. The Morgan fingerprint density at radius 2 is 1.74 bits per heavy atom. The molecule has 1 aromatic rings. The zero-order valence-electron chi connectivity index (χ0n) is 13.4. The Labute approximate surface area is 138 Å². The summed E-state index contributed by atoms with van der Waals surface area (Å²) in [4.78, 5) is 0. The van der Waals surface area contributed by atoms with Crippen LogP contribution in [0.3, 0.4) is 0 Å². The zero-order chi connectivity index (χ0) is 16.1. The number of benzene rings is 1. The van der Waals surface area contributed by atoms with Crippen molar-refractivity contribution >= 4 is 10.0 Å². The average Bonchev–Trinajstić information content (AvgIpc) is 3.41. The molecule has 3 fully saturated rings. The van der Waals surface area contributed by atoms with Gasteiger partial charge in [0.2, 0.25) is 10.0 Å². The second-order valence-corrected chi connectivity index (χ2v) is 9.52. The molecule has 1 saturated heterocycles. The van der Waals surface area contributed by atoms with Gasteiger partial charge in [-0.25, -0.2) is 8.42 Å². The number of piperidine rings is 1. The van der Waals surface area contributed by atoms with Gasteiger partial charge in [0.1, 0.15) is 0 Å². The number of rotatable bonds is 3. The summed E-state index contributed by atoms with van der Waals surface area (Å²) in [5, 5.41) is 11.3. The molecule has 4 nitrogen and oxygen atoms in total. The monoisotopic (exact) mass is 335 g/mol. The van der Waals surface area contributed by atoms with E-state index < -0.39 is 15.6 Å². The minimum Gasteiger partial charge on any atom is -0.385 e. The predicted molar refractivity (Wildman–Crippen MR) is 89.3 cm³/mol. The molecular weight excluding hydrogens is 310 g/mol. The maximum atomic E-state index is 12.8. The first kappa shape index (κ1) is 15.6. The summed E-state index contributed by atoms with van der Waals surface area (Å²) in [5.41, 5.74) is 0.0578. The summed E-state index contributed by atoms with van der Waals surface area (Å²) in [6.07, 6.45) is 6.04. The van der Waals surface area contributed by atoms with E-state index >= 15 is 0 Å². The van der Waals surface area contributed by atoms with E-state index in [9.17, 15) is 13.5 Å². The fourth-order valence-corrected chi connectivity index (χ4v) is 6.69. The van der Waals surface area contributed by atoms with Crippen molar-refractivity contribution < 1.29 is 13.5 Å². The molecule has 0 aromatic heterocycles. The maximum absolute atomic E-state index is 12.8. The van der Waals surface area contributed by atoms with E-state index in [1.54, 1.807) is 4.31 Å². The van der Waals surface area contributed by atoms with Crippen molar-refractivity contribution in [1.82, 2.24) is 4.31 Å². The molecule has 3 aliphatic rings. The first-order valence-corrected chi connectivity index (χ1v) is 10.3. The van der Waals surface area contributed by atoms with Gasteiger partial charge in [-0.3, -0.25) is 0 Å². The van der Waals surface area contributed by atoms with E-state index in [4.69, 9.17) is 0 Å². The third-order valence-electron chi connectivity index (χ3n) is 5.97. The van der Waals surface area contributed by atoms with Gasteiger partial charge in [-0.1, -0.05) is 43.2 Å². The Hall–Kier alpha value is -0.910. The minimum absolute atomic E-state index is 0.0147. The quantitative estimate of drug-likeness (QED) is 0.924. The highest BCUT2D eigenvalue weighted by atomic mass is 32.2. The molecule has 1 aromatic carbocycles. The highest BCUT2D eigenvalue weighted by Crippen LogP contribution is 2.49. The molecule has 1 aliphatic heterocycles. The normalized spacial score (nSPS) is 35.7. The molecule has 126 valence electrons. The van der Waals surface area contributed by atoms with Crippen LogP contribution in [0.4, 0.5) is 0 Å². The maximum Gasteiger partial charge on any atom is 0.217 e. The molecule has 1 heterocycles. The van der Waals surface area contributed by atoms with Crippen LogP contribution in [0.1, 0.15) is 50.5 Å². The number of nitrogens with zero attached hydrogens (tertiary/aromatic N) is 1. The minimum atomic E-state index is -3.17. The van der Waals surface area contributed by atoms with Crippen molar-refractivity contribution in [2.45, 2.75) is 61.8 Å². The van der Waals surface area contributed by atoms with Gasteiger partial charge in [-0.05, 0) is 37.7 Å². The molecule has 23 heavy (non-hydrogen) atoms. The molecule has 4 rings (SSSR count). The zero-order valence-corrected chi connectivity index (χ0v) is 14.2. The fourth-order valence-electron chi connectivity index (χ4n) is 4.60. The van der Waals surface area contributed by atoms with Gasteiger partial charge in [0.15, 0.2) is 0 Å². The van der Waals surface area contributed by atoms with E-state index in [0.29, 0.717) is 13.0 Å². The summed E-state index contributed by atoms with van der Waals surface area (Å²) in [5.74, 6) is 0.0147. The lowest BCUT2D eigenvalue weighted by atomic mass is 9.67. The lowest BCUT2D eigenvalue weighted by Gasteiger charge is -2.51. The summed E-state index contributed by atoms with van der Waals surface area (Å²) in [7, 11) is -3.17. The van der Waals surface area contributed by atoms with E-state index in [-0.39, 0.29) is 17.2 Å². The van der Waals surface area contributed by atoms with Crippen molar-refractivity contribution in [3.05, 3.63) is 35.9 Å². The van der Waals surface area contributed by atoms with E-state index in [0.717, 1.165) is 44.1 Å². The van der Waals surface area contributed by atoms with Gasteiger partial charge >= 0.3 is 0 Å². The molecule has 3 atom stereocenters. The summed E-state index contributed by atoms with van der Waals surface area (Å²) >= 11 is 0. The van der Waals surface area contributed by atoms with Crippen LogP contribution in [0.15, 0.2) is 30.3 Å². The third kappa shape index (κ3) is 2.53. The van der Waals surface area contributed by atoms with Gasteiger partial charge < -0.3 is 5.11 Å². The third-order valence-corrected chi connectivity index (χ3v) is 8.39. The van der Waals surface area contributed by atoms with Gasteiger partial charge in [-0.2, -0.15) is 4.31 Å². The van der Waals surface area contributed by atoms with Gasteiger partial charge in [-0.15, -0.1) is 0 Å². The van der Waals surface area contributed by atoms with Crippen LogP contribution in [0.25, 0.3) is 0 Å². The molecule has 2 saturated carbocycles. The molecule has 5 heteroatoms. The van der Waals surface area contributed by atoms with Crippen molar-refractivity contribution in [3.63, 3.8) is 0 Å². The highest BCUT2D eigenvalue weighted by Gasteiger charge is 2.54. The molecule has 0 unspecified atom stereocenters. The Kier molecular flexibility index (Phi) is 3.78. The van der Waals surface area contributed by atoms with Gasteiger partial charge in [0.05, 0.1) is 10.9 Å². The number of aliphatic hydroxyl groups is 1. The molecule has 0 bridgehead atoms. The van der Waals surface area contributed by atoms with Crippen molar-refractivity contribution in [1.29, 1.82) is 0 Å². The van der Waals surface area contributed by atoms with E-state index in [1.807, 2.05) is 30.3 Å². The largest absolute Gasteiger partial charge is 0.385 e. The molecular formula is C18H25NO3S. The summed E-state index contributed by atoms with van der Waals surface area (Å²) in [6.45, 7) is 0.450. The Morgan fingerprint density at radius 1 is 1.04 bits per heavy atom. The Balaban J connectivity index is 1.69. The molecule has 0 amide bonds. The predicted octanol–water partition coefficient (Wildman–Crippen LogP) is 2.63. The molecule has 0 spiro atoms. The van der Waals surface area contributed by atoms with Crippen LogP contribution in [0.5, 0.6) is 0 Å². The van der Waals surface area contributed by atoms with Crippen molar-refractivity contribution in [2.24, 2.45) is 5.92 Å². The number of hydrogen-bond acceptors (Lipinski definition) is 3. The van der Waals surface area contributed by atoms with Crippen LogP contribution in [-0.2, 0) is 15.6 Å². The lowest BCUT2D eigenvalue weighted by molar-refractivity contribution is -0.100.